The summed E-state index contributed by atoms with van der Waals surface area (Å²) in [6.07, 6.45) is 1.04. The molecule has 8 nitrogen and oxygen atoms in total. The molecule has 1 unspecified atom stereocenters. The second-order valence-corrected chi connectivity index (χ2v) is 8.42. The molecule has 3 atom stereocenters. The van der Waals surface area contributed by atoms with Crippen molar-refractivity contribution in [1.29, 1.82) is 0 Å². The number of aromatic nitrogens is 2. The second kappa shape index (κ2) is 8.94. The smallest absolute Gasteiger partial charge is 0.437 e. The lowest BCUT2D eigenvalue weighted by molar-refractivity contribution is 0.0559. The molecule has 2 aliphatic heterocycles. The van der Waals surface area contributed by atoms with E-state index in [4.69, 9.17) is 4.74 Å². The zero-order valence-electron chi connectivity index (χ0n) is 18.7. The van der Waals surface area contributed by atoms with Gasteiger partial charge in [-0.15, -0.1) is 0 Å². The zero-order chi connectivity index (χ0) is 24.7. The lowest BCUT2D eigenvalue weighted by atomic mass is 9.79. The lowest BCUT2D eigenvalue weighted by Gasteiger charge is -2.42. The molecule has 1 fully saturated rings. The first-order valence-corrected chi connectivity index (χ1v) is 11.1. The van der Waals surface area contributed by atoms with Crippen LogP contribution in [0.4, 0.5) is 13.6 Å². The average Bonchev–Trinajstić information content (AvgIpc) is 3.36. The van der Waals surface area contributed by atoms with E-state index in [1.54, 1.807) is 35.2 Å². The van der Waals surface area contributed by atoms with Crippen LogP contribution in [0, 0.1) is 11.6 Å². The van der Waals surface area contributed by atoms with Crippen LogP contribution in [0.3, 0.4) is 0 Å². The number of benzene rings is 2. The van der Waals surface area contributed by atoms with Crippen molar-refractivity contribution < 1.29 is 27.8 Å². The number of rotatable bonds is 4. The highest BCUT2D eigenvalue weighted by atomic mass is 19.2. The van der Waals surface area contributed by atoms with Crippen LogP contribution < -0.4 is 10.2 Å². The van der Waals surface area contributed by atoms with Crippen molar-refractivity contribution in [1.82, 2.24) is 14.7 Å². The molecule has 180 valence electrons. The maximum absolute atomic E-state index is 15.2. The van der Waals surface area contributed by atoms with Crippen LogP contribution in [0.2, 0.25) is 0 Å². The summed E-state index contributed by atoms with van der Waals surface area (Å²) in [6, 6.07) is 11.8. The summed E-state index contributed by atoms with van der Waals surface area (Å²) >= 11 is 0. The van der Waals surface area contributed by atoms with Crippen LogP contribution in [0.15, 0.2) is 59.5 Å². The van der Waals surface area contributed by atoms with Gasteiger partial charge in [0.1, 0.15) is 0 Å². The summed E-state index contributed by atoms with van der Waals surface area (Å²) in [6.45, 7) is 0.397. The number of fused-ring (bicyclic) bond motifs is 2. The first-order chi connectivity index (χ1) is 16.9. The summed E-state index contributed by atoms with van der Waals surface area (Å²) < 4.78 is 40.5. The summed E-state index contributed by atoms with van der Waals surface area (Å²) in [5, 5.41) is 4.24. The Morgan fingerprint density at radius 2 is 1.89 bits per heavy atom. The van der Waals surface area contributed by atoms with Crippen LogP contribution in [0.25, 0.3) is 0 Å². The van der Waals surface area contributed by atoms with Gasteiger partial charge in [-0.25, -0.2) is 18.3 Å². The number of halogens is 2. The number of ether oxygens (including phenoxy) is 2. The molecule has 0 bridgehead atoms. The van der Waals surface area contributed by atoms with Gasteiger partial charge in [0.05, 0.1) is 25.4 Å². The van der Waals surface area contributed by atoms with Crippen LogP contribution in [-0.4, -0.2) is 46.4 Å². The molecule has 0 saturated carbocycles. The zero-order valence-corrected chi connectivity index (χ0v) is 18.7. The molecule has 1 aromatic heterocycles. The largest absolute Gasteiger partial charge is 0.513 e. The highest BCUT2D eigenvalue weighted by Crippen LogP contribution is 2.46. The van der Waals surface area contributed by atoms with Crippen LogP contribution in [0.5, 0.6) is 5.75 Å². The Bertz CT molecular complexity index is 1360. The summed E-state index contributed by atoms with van der Waals surface area (Å²) in [7, 11) is 1.08. The van der Waals surface area contributed by atoms with E-state index in [9.17, 15) is 18.8 Å². The van der Waals surface area contributed by atoms with Crippen LogP contribution in [-0.2, 0) is 4.74 Å². The van der Waals surface area contributed by atoms with Gasteiger partial charge in [0.25, 0.3) is 5.91 Å². The minimum absolute atomic E-state index is 0.0873. The van der Waals surface area contributed by atoms with E-state index in [0.717, 1.165) is 19.4 Å². The molecule has 0 radical (unpaired) electrons. The van der Waals surface area contributed by atoms with Gasteiger partial charge in [-0.05, 0) is 24.5 Å². The molecule has 1 saturated heterocycles. The van der Waals surface area contributed by atoms with Crippen molar-refractivity contribution in [2.75, 3.05) is 13.7 Å². The van der Waals surface area contributed by atoms with Gasteiger partial charge in [-0.2, -0.15) is 5.10 Å². The third kappa shape index (κ3) is 3.74. The third-order valence-corrected chi connectivity index (χ3v) is 6.58. The molecule has 5 rings (SSSR count). The summed E-state index contributed by atoms with van der Waals surface area (Å²) in [5.74, 6) is -3.82. The van der Waals surface area contributed by atoms with Gasteiger partial charge in [-0.3, -0.25) is 9.59 Å². The first-order valence-electron chi connectivity index (χ1n) is 11.1. The van der Waals surface area contributed by atoms with Gasteiger partial charge in [0.15, 0.2) is 17.3 Å². The summed E-state index contributed by atoms with van der Waals surface area (Å²) in [4.78, 5) is 39.5. The molecule has 0 aliphatic carbocycles. The molecule has 0 N–H and O–H groups in total. The quantitative estimate of drug-likeness (QED) is 0.529. The Balaban J connectivity index is 1.79. The van der Waals surface area contributed by atoms with E-state index in [-0.39, 0.29) is 11.3 Å². The first kappa shape index (κ1) is 22.7. The SMILES string of the molecule is COC(=O)Oc1c2n(ncc1=O)[C@@H](C(c1ccccc1)c1cccc(F)c1F)[C@H]1CCCN1C2=O. The molecular formula is C25H21F2N3O5. The monoisotopic (exact) mass is 481 g/mol. The minimum atomic E-state index is -1.17. The number of carbonyl (C=O) groups excluding carboxylic acids is 2. The fraction of sp³-hybridized carbons (Fsp3) is 0.280. The Morgan fingerprint density at radius 3 is 2.63 bits per heavy atom. The van der Waals surface area contributed by atoms with Crippen molar-refractivity contribution >= 4 is 12.1 Å². The number of carbonyl (C=O) groups is 2. The number of nitrogens with zero attached hydrogens (tertiary/aromatic N) is 3. The minimum Gasteiger partial charge on any atom is -0.437 e. The van der Waals surface area contributed by atoms with E-state index < -0.39 is 52.9 Å². The van der Waals surface area contributed by atoms with Crippen molar-refractivity contribution in [3.05, 3.63) is 93.4 Å². The van der Waals surface area contributed by atoms with Gasteiger partial charge in [0.2, 0.25) is 11.2 Å². The molecular weight excluding hydrogens is 460 g/mol. The van der Waals surface area contributed by atoms with E-state index in [2.05, 4.69) is 9.84 Å². The highest BCUT2D eigenvalue weighted by Gasteiger charge is 2.49. The predicted molar refractivity (Wildman–Crippen MR) is 119 cm³/mol. The average molecular weight is 481 g/mol. The van der Waals surface area contributed by atoms with E-state index in [0.29, 0.717) is 24.9 Å². The fourth-order valence-electron chi connectivity index (χ4n) is 5.14. The lowest BCUT2D eigenvalue weighted by Crippen LogP contribution is -2.51. The molecule has 3 heterocycles. The standard InChI is InChI=1S/C25H21F2N3O5/c1-34-25(33)35-23-18(31)13-28-30-21(17-11-6-12-29(17)24(32)22(23)30)19(14-7-3-2-4-8-14)15-9-5-10-16(26)20(15)27/h2-5,7-10,13,17,19,21H,6,11-12H2,1H3/t17-,19?,21-/m1/s1. The molecule has 35 heavy (non-hydrogen) atoms. The van der Waals surface area contributed by atoms with Gasteiger partial charge >= 0.3 is 6.16 Å². The second-order valence-electron chi connectivity index (χ2n) is 8.42. The predicted octanol–water partition coefficient (Wildman–Crippen LogP) is 3.66. The normalized spacial score (nSPS) is 19.6. The van der Waals surface area contributed by atoms with Crippen molar-refractivity contribution in [3.8, 4) is 5.75 Å². The van der Waals surface area contributed by atoms with Crippen molar-refractivity contribution in [3.63, 3.8) is 0 Å². The van der Waals surface area contributed by atoms with E-state index in [1.807, 2.05) is 0 Å². The Kier molecular flexibility index (Phi) is 5.80. The Morgan fingerprint density at radius 1 is 1.11 bits per heavy atom. The fourth-order valence-corrected chi connectivity index (χ4v) is 5.14. The van der Waals surface area contributed by atoms with Gasteiger partial charge < -0.3 is 14.4 Å². The van der Waals surface area contributed by atoms with Crippen LogP contribution >= 0.6 is 0 Å². The van der Waals surface area contributed by atoms with Crippen molar-refractivity contribution in [2.45, 2.75) is 30.8 Å². The van der Waals surface area contributed by atoms with Crippen molar-refractivity contribution in [2.24, 2.45) is 0 Å². The number of methoxy groups -OCH3 is 1. The Labute approximate surface area is 198 Å². The molecule has 10 heteroatoms. The number of hydrogen-bond donors (Lipinski definition) is 0. The number of hydrogen-bond acceptors (Lipinski definition) is 6. The summed E-state index contributed by atoms with van der Waals surface area (Å²) in [5.41, 5.74) is -0.252. The maximum Gasteiger partial charge on any atom is 0.513 e. The molecule has 3 aromatic rings. The highest BCUT2D eigenvalue weighted by molar-refractivity contribution is 5.97. The molecule has 1 amide bonds. The van der Waals surface area contributed by atoms with Gasteiger partial charge in [0, 0.05) is 18.0 Å². The molecule has 2 aliphatic rings. The molecule has 2 aromatic carbocycles. The van der Waals surface area contributed by atoms with Gasteiger partial charge in [-0.1, -0.05) is 42.5 Å². The Hall–Kier alpha value is -4.08. The number of amides is 1. The topological polar surface area (TPSA) is 90.7 Å². The molecule has 0 spiro atoms. The van der Waals surface area contributed by atoms with Crippen LogP contribution in [0.1, 0.15) is 46.4 Å². The van der Waals surface area contributed by atoms with E-state index in [1.165, 1.54) is 16.8 Å². The maximum atomic E-state index is 15.2. The third-order valence-electron chi connectivity index (χ3n) is 6.58. The van der Waals surface area contributed by atoms with E-state index >= 15 is 4.39 Å².